The highest BCUT2D eigenvalue weighted by Gasteiger charge is 2.03. The summed E-state index contributed by atoms with van der Waals surface area (Å²) in [4.78, 5) is 11.3. The van der Waals surface area contributed by atoms with Crippen molar-refractivity contribution in [2.24, 2.45) is 0 Å². The minimum absolute atomic E-state index is 0.0199. The molecule has 1 amide bonds. The van der Waals surface area contributed by atoms with E-state index in [1.807, 2.05) is 31.3 Å². The Bertz CT molecular complexity index is 434. The molecule has 1 atom stereocenters. The largest absolute Gasteiger partial charge is 0.484 e. The number of carbonyl (C=O) groups is 1. The topological polar surface area (TPSA) is 50.4 Å². The monoisotopic (exact) mass is 260 g/mol. The summed E-state index contributed by atoms with van der Waals surface area (Å²) in [5.41, 5.74) is 1.23. The average Bonchev–Trinajstić information content (AvgIpc) is 2.44. The first-order valence-electron chi connectivity index (χ1n) is 6.25. The number of hydrogen-bond acceptors (Lipinski definition) is 3. The van der Waals surface area contributed by atoms with Crippen LogP contribution in [-0.2, 0) is 11.2 Å². The molecule has 0 saturated heterocycles. The van der Waals surface area contributed by atoms with Gasteiger partial charge in [0.2, 0.25) is 0 Å². The van der Waals surface area contributed by atoms with E-state index in [-0.39, 0.29) is 19.1 Å². The van der Waals surface area contributed by atoms with Gasteiger partial charge in [-0.15, -0.1) is 6.42 Å². The van der Waals surface area contributed by atoms with E-state index in [0.29, 0.717) is 11.8 Å². The summed E-state index contributed by atoms with van der Waals surface area (Å²) in [5.74, 6) is 2.80. The van der Waals surface area contributed by atoms with Crippen molar-refractivity contribution in [3.63, 3.8) is 0 Å². The molecule has 1 unspecified atom stereocenters. The van der Waals surface area contributed by atoms with Crippen molar-refractivity contribution < 1.29 is 9.53 Å². The zero-order valence-electron chi connectivity index (χ0n) is 11.4. The van der Waals surface area contributed by atoms with Gasteiger partial charge in [0.05, 0.1) is 6.54 Å². The van der Waals surface area contributed by atoms with Gasteiger partial charge in [-0.3, -0.25) is 4.79 Å². The van der Waals surface area contributed by atoms with E-state index >= 15 is 0 Å². The number of likely N-dealkylation sites (N-methyl/N-ethyl adjacent to an activating group) is 1. The lowest BCUT2D eigenvalue weighted by atomic mass is 10.1. The molecule has 4 heteroatoms. The smallest absolute Gasteiger partial charge is 0.258 e. The number of rotatable bonds is 7. The van der Waals surface area contributed by atoms with E-state index < -0.39 is 0 Å². The first-order chi connectivity index (χ1) is 9.15. The summed E-state index contributed by atoms with van der Waals surface area (Å²) < 4.78 is 5.35. The van der Waals surface area contributed by atoms with E-state index in [1.165, 1.54) is 5.56 Å². The van der Waals surface area contributed by atoms with Crippen LogP contribution in [-0.4, -0.2) is 32.1 Å². The Balaban J connectivity index is 2.40. The summed E-state index contributed by atoms with van der Waals surface area (Å²) in [6.07, 6.45) is 6.00. The zero-order valence-corrected chi connectivity index (χ0v) is 11.4. The second kappa shape index (κ2) is 8.17. The highest BCUT2D eigenvalue weighted by atomic mass is 16.5. The van der Waals surface area contributed by atoms with Crippen molar-refractivity contribution >= 4 is 5.91 Å². The van der Waals surface area contributed by atoms with E-state index in [9.17, 15) is 4.79 Å². The molecule has 0 saturated carbocycles. The first kappa shape index (κ1) is 15.1. The lowest BCUT2D eigenvalue weighted by Crippen LogP contribution is -2.29. The summed E-state index contributed by atoms with van der Waals surface area (Å²) in [6, 6.07) is 8.17. The van der Waals surface area contributed by atoms with Crippen LogP contribution in [0.15, 0.2) is 24.3 Å². The first-order valence-corrected chi connectivity index (χ1v) is 6.25. The molecule has 0 bridgehead atoms. The van der Waals surface area contributed by atoms with Crippen LogP contribution in [0.2, 0.25) is 0 Å². The van der Waals surface area contributed by atoms with Gasteiger partial charge >= 0.3 is 0 Å². The second-order valence-electron chi connectivity index (χ2n) is 4.31. The van der Waals surface area contributed by atoms with Crippen LogP contribution in [0, 0.1) is 12.3 Å². The van der Waals surface area contributed by atoms with Gasteiger partial charge in [-0.05, 0) is 38.1 Å². The van der Waals surface area contributed by atoms with E-state index in [0.717, 1.165) is 6.42 Å². The second-order valence-corrected chi connectivity index (χ2v) is 4.31. The molecule has 19 heavy (non-hydrogen) atoms. The number of amides is 1. The van der Waals surface area contributed by atoms with Crippen LogP contribution in [0.1, 0.15) is 12.5 Å². The Morgan fingerprint density at radius 3 is 2.68 bits per heavy atom. The molecular weight excluding hydrogens is 240 g/mol. The van der Waals surface area contributed by atoms with Gasteiger partial charge in [0.1, 0.15) is 5.75 Å². The van der Waals surface area contributed by atoms with Crippen molar-refractivity contribution in [2.75, 3.05) is 20.2 Å². The quantitative estimate of drug-likeness (QED) is 0.718. The number of hydrogen-bond donors (Lipinski definition) is 2. The Morgan fingerprint density at radius 2 is 2.11 bits per heavy atom. The number of nitrogens with one attached hydrogen (secondary N) is 2. The van der Waals surface area contributed by atoms with Gasteiger partial charge in [0.15, 0.2) is 6.61 Å². The summed E-state index contributed by atoms with van der Waals surface area (Å²) >= 11 is 0. The summed E-state index contributed by atoms with van der Waals surface area (Å²) in [7, 11) is 1.94. The number of ether oxygens (including phenoxy) is 1. The van der Waals surface area contributed by atoms with Crippen LogP contribution in [0.25, 0.3) is 0 Å². The van der Waals surface area contributed by atoms with Crippen LogP contribution >= 0.6 is 0 Å². The molecule has 4 nitrogen and oxygen atoms in total. The fraction of sp³-hybridized carbons (Fsp3) is 0.400. The molecule has 1 aromatic rings. The standard InChI is InChI=1S/C15H20N2O2/c1-4-9-17-15(18)11-19-14-7-5-13(6-8-14)10-12(2)16-3/h1,5-8,12,16H,9-11H2,2-3H3,(H,17,18). The maximum Gasteiger partial charge on any atom is 0.258 e. The lowest BCUT2D eigenvalue weighted by molar-refractivity contribution is -0.122. The fourth-order valence-electron chi connectivity index (χ4n) is 1.53. The van der Waals surface area contributed by atoms with Crippen molar-refractivity contribution in [1.29, 1.82) is 0 Å². The lowest BCUT2D eigenvalue weighted by Gasteiger charge is -2.11. The van der Waals surface area contributed by atoms with Crippen LogP contribution in [0.5, 0.6) is 5.75 Å². The molecule has 2 N–H and O–H groups in total. The van der Waals surface area contributed by atoms with Crippen molar-refractivity contribution in [2.45, 2.75) is 19.4 Å². The average molecular weight is 260 g/mol. The molecule has 0 radical (unpaired) electrons. The van der Waals surface area contributed by atoms with Crippen molar-refractivity contribution in [3.8, 4) is 18.1 Å². The van der Waals surface area contributed by atoms with Gasteiger partial charge in [-0.25, -0.2) is 0 Å². The molecule has 0 aliphatic carbocycles. The molecule has 0 fully saturated rings. The SMILES string of the molecule is C#CCNC(=O)COc1ccc(CC(C)NC)cc1. The third-order valence-electron chi connectivity index (χ3n) is 2.72. The number of benzene rings is 1. The Morgan fingerprint density at radius 1 is 1.42 bits per heavy atom. The maximum atomic E-state index is 11.3. The Kier molecular flexibility index (Phi) is 6.48. The number of terminal acetylenes is 1. The highest BCUT2D eigenvalue weighted by molar-refractivity contribution is 5.77. The van der Waals surface area contributed by atoms with Crippen molar-refractivity contribution in [3.05, 3.63) is 29.8 Å². The van der Waals surface area contributed by atoms with Crippen molar-refractivity contribution in [1.82, 2.24) is 10.6 Å². The fourth-order valence-corrected chi connectivity index (χ4v) is 1.53. The molecule has 102 valence electrons. The van der Waals surface area contributed by atoms with Gasteiger partial charge in [-0.1, -0.05) is 18.1 Å². The summed E-state index contributed by atoms with van der Waals surface area (Å²) in [5, 5.41) is 5.73. The van der Waals surface area contributed by atoms with Crippen LogP contribution < -0.4 is 15.4 Å². The molecule has 0 spiro atoms. The third-order valence-corrected chi connectivity index (χ3v) is 2.72. The normalized spacial score (nSPS) is 11.4. The van der Waals surface area contributed by atoms with Crippen LogP contribution in [0.4, 0.5) is 0 Å². The molecule has 0 aliphatic heterocycles. The van der Waals surface area contributed by atoms with Gasteiger partial charge < -0.3 is 15.4 Å². The molecule has 1 rings (SSSR count). The maximum absolute atomic E-state index is 11.3. The predicted molar refractivity (Wildman–Crippen MR) is 76.0 cm³/mol. The minimum atomic E-state index is -0.217. The summed E-state index contributed by atoms with van der Waals surface area (Å²) in [6.45, 7) is 2.33. The van der Waals surface area contributed by atoms with Crippen LogP contribution in [0.3, 0.4) is 0 Å². The van der Waals surface area contributed by atoms with E-state index in [2.05, 4.69) is 23.5 Å². The van der Waals surface area contributed by atoms with Gasteiger partial charge in [0, 0.05) is 6.04 Å². The van der Waals surface area contributed by atoms with E-state index in [1.54, 1.807) is 0 Å². The van der Waals surface area contributed by atoms with Gasteiger partial charge in [-0.2, -0.15) is 0 Å². The molecule has 0 aromatic heterocycles. The zero-order chi connectivity index (χ0) is 14.1. The Hall–Kier alpha value is -1.99. The minimum Gasteiger partial charge on any atom is -0.484 e. The molecule has 0 aliphatic rings. The molecule has 1 aromatic carbocycles. The Labute approximate surface area is 114 Å². The molecule has 0 heterocycles. The predicted octanol–water partition coefficient (Wildman–Crippen LogP) is 0.965. The number of carbonyl (C=O) groups excluding carboxylic acids is 1. The highest BCUT2D eigenvalue weighted by Crippen LogP contribution is 2.13. The molecular formula is C15H20N2O2. The van der Waals surface area contributed by atoms with E-state index in [4.69, 9.17) is 11.2 Å². The van der Waals surface area contributed by atoms with Gasteiger partial charge in [0.25, 0.3) is 5.91 Å². The third kappa shape index (κ3) is 5.94.